The molecule has 3 rings (SSSR count). The summed E-state index contributed by atoms with van der Waals surface area (Å²) < 4.78 is 32.0. The molecule has 2 heterocycles. The Morgan fingerprint density at radius 2 is 1.90 bits per heavy atom. The SMILES string of the molecule is CCN1c2occc2C(O)=C(c2ccccc2C)S1(=O)=O. The van der Waals surface area contributed by atoms with Crippen LogP contribution in [0.25, 0.3) is 10.7 Å². The zero-order valence-electron chi connectivity index (χ0n) is 11.7. The lowest BCUT2D eigenvalue weighted by Gasteiger charge is -2.28. The van der Waals surface area contributed by atoms with E-state index in [-0.39, 0.29) is 23.1 Å². The molecule has 1 aromatic carbocycles. The number of aryl methyl sites for hydroxylation is 1. The van der Waals surface area contributed by atoms with E-state index in [1.807, 2.05) is 19.1 Å². The van der Waals surface area contributed by atoms with E-state index < -0.39 is 10.0 Å². The second-order valence-electron chi connectivity index (χ2n) is 4.80. The number of benzene rings is 1. The molecule has 6 heteroatoms. The minimum atomic E-state index is -3.85. The van der Waals surface area contributed by atoms with Gasteiger partial charge in [0.1, 0.15) is 10.7 Å². The van der Waals surface area contributed by atoms with Crippen LogP contribution in [-0.2, 0) is 10.0 Å². The first-order valence-corrected chi connectivity index (χ1v) is 8.02. The van der Waals surface area contributed by atoms with Gasteiger partial charge in [0.15, 0.2) is 0 Å². The Hall–Kier alpha value is -2.21. The first-order valence-electron chi connectivity index (χ1n) is 6.58. The highest BCUT2D eigenvalue weighted by molar-refractivity contribution is 8.02. The Morgan fingerprint density at radius 1 is 1.19 bits per heavy atom. The second kappa shape index (κ2) is 4.66. The van der Waals surface area contributed by atoms with Gasteiger partial charge in [0, 0.05) is 12.1 Å². The molecule has 0 spiro atoms. The summed E-state index contributed by atoms with van der Waals surface area (Å²) in [6, 6.07) is 8.65. The van der Waals surface area contributed by atoms with E-state index in [9.17, 15) is 13.5 Å². The van der Waals surface area contributed by atoms with Crippen molar-refractivity contribution in [2.75, 3.05) is 10.8 Å². The van der Waals surface area contributed by atoms with E-state index in [2.05, 4.69) is 0 Å². The number of sulfonamides is 1. The van der Waals surface area contributed by atoms with Crippen molar-refractivity contribution in [1.29, 1.82) is 0 Å². The highest BCUT2D eigenvalue weighted by Crippen LogP contribution is 2.43. The minimum Gasteiger partial charge on any atom is -0.506 e. The molecule has 1 N–H and O–H groups in total. The lowest BCUT2D eigenvalue weighted by Crippen LogP contribution is -2.34. The van der Waals surface area contributed by atoms with E-state index >= 15 is 0 Å². The maximum Gasteiger partial charge on any atom is 0.270 e. The molecular formula is C15H15NO4S. The van der Waals surface area contributed by atoms with E-state index in [0.29, 0.717) is 11.1 Å². The Kier molecular flexibility index (Phi) is 3.06. The van der Waals surface area contributed by atoms with Gasteiger partial charge < -0.3 is 9.52 Å². The fourth-order valence-electron chi connectivity index (χ4n) is 2.55. The first-order chi connectivity index (χ1) is 9.98. The minimum absolute atomic E-state index is 0.0728. The van der Waals surface area contributed by atoms with Crippen molar-refractivity contribution >= 4 is 26.6 Å². The first kappa shape index (κ1) is 13.8. The second-order valence-corrected chi connectivity index (χ2v) is 6.60. The van der Waals surface area contributed by atoms with Crippen molar-refractivity contribution in [3.05, 3.63) is 53.3 Å². The number of aliphatic hydroxyl groups is 1. The Labute approximate surface area is 123 Å². The lowest BCUT2D eigenvalue weighted by molar-refractivity contribution is 0.506. The van der Waals surface area contributed by atoms with Crippen molar-refractivity contribution in [1.82, 2.24) is 0 Å². The third-order valence-corrected chi connectivity index (χ3v) is 5.50. The van der Waals surface area contributed by atoms with Gasteiger partial charge in [0.25, 0.3) is 10.0 Å². The largest absolute Gasteiger partial charge is 0.506 e. The Bertz CT molecular complexity index is 833. The predicted molar refractivity (Wildman–Crippen MR) is 81.3 cm³/mol. The fourth-order valence-corrected chi connectivity index (χ4v) is 4.33. The van der Waals surface area contributed by atoms with Crippen LogP contribution in [0.15, 0.2) is 41.0 Å². The summed E-state index contributed by atoms with van der Waals surface area (Å²) in [5.74, 6) is -0.106. The van der Waals surface area contributed by atoms with E-state index in [1.54, 1.807) is 25.1 Å². The number of fused-ring (bicyclic) bond motifs is 1. The van der Waals surface area contributed by atoms with Gasteiger partial charge in [-0.25, -0.2) is 12.7 Å². The van der Waals surface area contributed by atoms with Crippen LogP contribution in [-0.4, -0.2) is 20.1 Å². The molecule has 0 saturated carbocycles. The zero-order valence-corrected chi connectivity index (χ0v) is 12.5. The van der Waals surface area contributed by atoms with Crippen LogP contribution in [0.5, 0.6) is 0 Å². The molecule has 1 aliphatic heterocycles. The number of aliphatic hydroxyl groups excluding tert-OH is 1. The van der Waals surface area contributed by atoms with Crippen LogP contribution in [0.1, 0.15) is 23.6 Å². The molecule has 0 aliphatic carbocycles. The van der Waals surface area contributed by atoms with Crippen molar-refractivity contribution in [3.8, 4) is 0 Å². The lowest BCUT2D eigenvalue weighted by atomic mass is 10.1. The summed E-state index contributed by atoms with van der Waals surface area (Å²) in [6.45, 7) is 3.76. The van der Waals surface area contributed by atoms with Crippen LogP contribution < -0.4 is 4.31 Å². The predicted octanol–water partition coefficient (Wildman–Crippen LogP) is 3.14. The van der Waals surface area contributed by atoms with E-state index in [1.165, 1.54) is 10.6 Å². The summed E-state index contributed by atoms with van der Waals surface area (Å²) in [5, 5.41) is 10.5. The number of hydrogen-bond donors (Lipinski definition) is 1. The van der Waals surface area contributed by atoms with Crippen molar-refractivity contribution in [3.63, 3.8) is 0 Å². The summed E-state index contributed by atoms with van der Waals surface area (Å²) in [4.78, 5) is -0.0728. The van der Waals surface area contributed by atoms with Gasteiger partial charge in [0.05, 0.1) is 11.8 Å². The highest BCUT2D eigenvalue weighted by atomic mass is 32.2. The van der Waals surface area contributed by atoms with Gasteiger partial charge in [-0.3, -0.25) is 0 Å². The van der Waals surface area contributed by atoms with Gasteiger partial charge in [-0.1, -0.05) is 24.3 Å². The quantitative estimate of drug-likeness (QED) is 0.925. The van der Waals surface area contributed by atoms with Crippen LogP contribution in [0.4, 0.5) is 5.88 Å². The average Bonchev–Trinajstić information content (AvgIpc) is 2.90. The molecule has 2 aromatic rings. The molecule has 21 heavy (non-hydrogen) atoms. The monoisotopic (exact) mass is 305 g/mol. The maximum atomic E-state index is 12.8. The van der Waals surface area contributed by atoms with Crippen LogP contribution in [0.3, 0.4) is 0 Å². The molecular weight excluding hydrogens is 290 g/mol. The Morgan fingerprint density at radius 3 is 2.57 bits per heavy atom. The smallest absolute Gasteiger partial charge is 0.270 e. The Balaban J connectivity index is 2.38. The van der Waals surface area contributed by atoms with Gasteiger partial charge in [-0.2, -0.15) is 0 Å². The van der Waals surface area contributed by atoms with Crippen LogP contribution >= 0.6 is 0 Å². The van der Waals surface area contributed by atoms with Gasteiger partial charge in [-0.15, -0.1) is 0 Å². The summed E-state index contributed by atoms with van der Waals surface area (Å²) in [5.41, 5.74) is 1.68. The summed E-state index contributed by atoms with van der Waals surface area (Å²) in [7, 11) is -3.85. The van der Waals surface area contributed by atoms with E-state index in [0.717, 1.165) is 5.56 Å². The summed E-state index contributed by atoms with van der Waals surface area (Å²) in [6.07, 6.45) is 1.37. The molecule has 0 fully saturated rings. The number of hydrogen-bond acceptors (Lipinski definition) is 4. The third kappa shape index (κ3) is 1.86. The fraction of sp³-hybridized carbons (Fsp3) is 0.200. The maximum absolute atomic E-state index is 12.8. The third-order valence-electron chi connectivity index (χ3n) is 3.57. The topological polar surface area (TPSA) is 70.8 Å². The average molecular weight is 305 g/mol. The molecule has 5 nitrogen and oxygen atoms in total. The molecule has 0 unspecified atom stereocenters. The van der Waals surface area contributed by atoms with Crippen molar-refractivity contribution < 1.29 is 17.9 Å². The molecule has 0 bridgehead atoms. The molecule has 0 saturated heterocycles. The molecule has 0 atom stereocenters. The highest BCUT2D eigenvalue weighted by Gasteiger charge is 2.40. The van der Waals surface area contributed by atoms with Crippen LogP contribution in [0.2, 0.25) is 0 Å². The molecule has 0 amide bonds. The molecule has 0 radical (unpaired) electrons. The number of rotatable bonds is 2. The number of anilines is 1. The van der Waals surface area contributed by atoms with Crippen molar-refractivity contribution in [2.45, 2.75) is 13.8 Å². The number of nitrogens with zero attached hydrogens (tertiary/aromatic N) is 1. The molecule has 1 aromatic heterocycles. The van der Waals surface area contributed by atoms with Gasteiger partial charge in [0.2, 0.25) is 5.88 Å². The standard InChI is InChI=1S/C15H15NO4S/c1-3-16-15-12(8-9-20-15)13(17)14(21(16,18)19)11-7-5-4-6-10(11)2/h4-9,17H,3H2,1-2H3. The van der Waals surface area contributed by atoms with Crippen LogP contribution in [0, 0.1) is 6.92 Å². The molecule has 110 valence electrons. The summed E-state index contributed by atoms with van der Waals surface area (Å²) >= 11 is 0. The number of furan rings is 1. The molecule has 1 aliphatic rings. The normalized spacial score (nSPS) is 17.0. The van der Waals surface area contributed by atoms with Gasteiger partial charge in [-0.05, 0) is 25.5 Å². The van der Waals surface area contributed by atoms with Crippen molar-refractivity contribution in [2.24, 2.45) is 0 Å². The van der Waals surface area contributed by atoms with Gasteiger partial charge >= 0.3 is 0 Å². The van der Waals surface area contributed by atoms with E-state index in [4.69, 9.17) is 4.42 Å². The zero-order chi connectivity index (χ0) is 15.2.